The quantitative estimate of drug-likeness (QED) is 0.301. The monoisotopic (exact) mass is 552 g/mol. The number of carbonyl (C=O) groups excluding carboxylic acids is 1. The van der Waals surface area contributed by atoms with Crippen molar-refractivity contribution in [2.24, 2.45) is 5.10 Å². The van der Waals surface area contributed by atoms with E-state index in [-0.39, 0.29) is 30.1 Å². The first-order valence-electron chi connectivity index (χ1n) is 12.8. The van der Waals surface area contributed by atoms with Crippen LogP contribution >= 0.6 is 0 Å². The first-order valence-corrected chi connectivity index (χ1v) is 12.8. The van der Waals surface area contributed by atoms with E-state index in [2.05, 4.69) is 5.10 Å². The zero-order chi connectivity index (χ0) is 28.7. The Hall–Kier alpha value is -5.38. The number of carbonyl (C=O) groups is 1. The van der Waals surface area contributed by atoms with Crippen LogP contribution in [0.1, 0.15) is 29.2 Å². The maximum atomic E-state index is 13.5. The van der Waals surface area contributed by atoms with Crippen molar-refractivity contribution in [3.05, 3.63) is 110 Å². The van der Waals surface area contributed by atoms with Gasteiger partial charge in [0.1, 0.15) is 16.9 Å². The van der Waals surface area contributed by atoms with E-state index >= 15 is 0 Å². The number of hydrazone groups is 1. The number of aromatic hydroxyl groups is 1. The number of para-hydroxylation sites is 1. The molecule has 1 atom stereocenters. The van der Waals surface area contributed by atoms with E-state index in [0.29, 0.717) is 28.2 Å². The molecule has 5 aromatic rings. The van der Waals surface area contributed by atoms with Crippen molar-refractivity contribution >= 4 is 33.6 Å². The molecule has 0 fully saturated rings. The maximum Gasteiger partial charge on any atom is 0.345 e. The van der Waals surface area contributed by atoms with E-state index < -0.39 is 23.2 Å². The molecule has 10 heteroatoms. The molecule has 1 N–H and O–H groups in total. The number of rotatable bonds is 6. The van der Waals surface area contributed by atoms with Gasteiger partial charge in [-0.15, -0.1) is 0 Å². The lowest BCUT2D eigenvalue weighted by molar-refractivity contribution is -0.135. The summed E-state index contributed by atoms with van der Waals surface area (Å²) in [5.74, 6) is 0.0387. The zero-order valence-corrected chi connectivity index (χ0v) is 22.1. The van der Waals surface area contributed by atoms with Gasteiger partial charge >= 0.3 is 11.3 Å². The van der Waals surface area contributed by atoms with Crippen LogP contribution in [0.2, 0.25) is 0 Å². The standard InChI is InChI=1S/C31H24N2O8/c1-17-11-30(36)40-27-14-20(8-9-21(17)27)39-16-29(35)33-24(18-7-10-25(34)28(13-18)38-2)15-23(32-33)22-12-19-5-3-4-6-26(19)41-31(22)37/h3-14,24,34H,15-16H2,1-2H3. The van der Waals surface area contributed by atoms with Crippen molar-refractivity contribution in [2.45, 2.75) is 19.4 Å². The van der Waals surface area contributed by atoms with Crippen LogP contribution in [0.4, 0.5) is 0 Å². The molecule has 0 saturated carbocycles. The summed E-state index contributed by atoms with van der Waals surface area (Å²) in [5, 5.41) is 17.4. The summed E-state index contributed by atoms with van der Waals surface area (Å²) in [4.78, 5) is 38.2. The van der Waals surface area contributed by atoms with Crippen molar-refractivity contribution in [3.63, 3.8) is 0 Å². The van der Waals surface area contributed by atoms with Gasteiger partial charge in [0.15, 0.2) is 18.1 Å². The Morgan fingerprint density at radius 1 is 1.02 bits per heavy atom. The van der Waals surface area contributed by atoms with Gasteiger partial charge in [0.2, 0.25) is 0 Å². The Balaban J connectivity index is 1.33. The lowest BCUT2D eigenvalue weighted by Crippen LogP contribution is -2.31. The topological polar surface area (TPSA) is 132 Å². The lowest BCUT2D eigenvalue weighted by atomic mass is 9.98. The molecule has 1 unspecified atom stereocenters. The molecule has 0 aliphatic carbocycles. The second-order valence-electron chi connectivity index (χ2n) is 9.62. The van der Waals surface area contributed by atoms with Gasteiger partial charge in [-0.05, 0) is 54.4 Å². The second kappa shape index (κ2) is 10.3. The first kappa shape index (κ1) is 25.9. The van der Waals surface area contributed by atoms with E-state index in [1.54, 1.807) is 55.5 Å². The minimum atomic E-state index is -0.612. The summed E-state index contributed by atoms with van der Waals surface area (Å²) in [6, 6.07) is 19.4. The normalized spacial score (nSPS) is 14.8. The molecule has 10 nitrogen and oxygen atoms in total. The number of amides is 1. The van der Waals surface area contributed by atoms with Gasteiger partial charge in [-0.2, -0.15) is 5.10 Å². The van der Waals surface area contributed by atoms with Crippen LogP contribution in [0.15, 0.2) is 96.3 Å². The number of phenolic OH excluding ortho intramolecular Hbond substituents is 1. The van der Waals surface area contributed by atoms with Gasteiger partial charge in [-0.1, -0.05) is 24.3 Å². The van der Waals surface area contributed by atoms with Gasteiger partial charge in [0.05, 0.1) is 24.4 Å². The Labute approximate surface area is 232 Å². The highest BCUT2D eigenvalue weighted by Crippen LogP contribution is 2.37. The number of aryl methyl sites for hydroxylation is 1. The summed E-state index contributed by atoms with van der Waals surface area (Å²) in [6.45, 7) is 1.43. The van der Waals surface area contributed by atoms with Crippen LogP contribution in [0.25, 0.3) is 21.9 Å². The minimum Gasteiger partial charge on any atom is -0.504 e. The third-order valence-corrected chi connectivity index (χ3v) is 6.99. The van der Waals surface area contributed by atoms with E-state index in [0.717, 1.165) is 16.3 Å². The molecule has 0 radical (unpaired) electrons. The van der Waals surface area contributed by atoms with Gasteiger partial charge in [-0.25, -0.2) is 14.6 Å². The fraction of sp³-hybridized carbons (Fsp3) is 0.161. The highest BCUT2D eigenvalue weighted by Gasteiger charge is 2.35. The number of fused-ring (bicyclic) bond motifs is 2. The predicted octanol–water partition coefficient (Wildman–Crippen LogP) is 4.68. The zero-order valence-electron chi connectivity index (χ0n) is 22.1. The third-order valence-electron chi connectivity index (χ3n) is 6.99. The molecule has 2 aromatic heterocycles. The predicted molar refractivity (Wildman–Crippen MR) is 151 cm³/mol. The molecule has 0 saturated heterocycles. The van der Waals surface area contributed by atoms with Crippen molar-refractivity contribution in [3.8, 4) is 17.2 Å². The summed E-state index contributed by atoms with van der Waals surface area (Å²) in [6.07, 6.45) is 0.211. The number of methoxy groups -OCH3 is 1. The smallest absolute Gasteiger partial charge is 0.345 e. The molecule has 41 heavy (non-hydrogen) atoms. The average Bonchev–Trinajstić information content (AvgIpc) is 3.41. The van der Waals surface area contributed by atoms with Crippen molar-refractivity contribution in [1.82, 2.24) is 5.01 Å². The van der Waals surface area contributed by atoms with Crippen LogP contribution in [0.5, 0.6) is 17.2 Å². The lowest BCUT2D eigenvalue weighted by Gasteiger charge is -2.22. The fourth-order valence-electron chi connectivity index (χ4n) is 4.93. The van der Waals surface area contributed by atoms with Crippen LogP contribution < -0.4 is 20.7 Å². The Morgan fingerprint density at radius 2 is 1.85 bits per heavy atom. The molecule has 0 bridgehead atoms. The Morgan fingerprint density at radius 3 is 2.68 bits per heavy atom. The Kier molecular flexibility index (Phi) is 6.50. The first-order chi connectivity index (χ1) is 19.8. The molecule has 206 valence electrons. The summed E-state index contributed by atoms with van der Waals surface area (Å²) in [5.41, 5.74) is 1.77. The molecule has 3 aromatic carbocycles. The van der Waals surface area contributed by atoms with Gasteiger partial charge in [-0.3, -0.25) is 4.79 Å². The fourth-order valence-corrected chi connectivity index (χ4v) is 4.93. The molecular weight excluding hydrogens is 528 g/mol. The summed E-state index contributed by atoms with van der Waals surface area (Å²) in [7, 11) is 1.43. The highest BCUT2D eigenvalue weighted by atomic mass is 16.5. The van der Waals surface area contributed by atoms with Gasteiger partial charge < -0.3 is 23.4 Å². The van der Waals surface area contributed by atoms with Crippen LogP contribution in [-0.2, 0) is 4.79 Å². The van der Waals surface area contributed by atoms with Crippen LogP contribution in [-0.4, -0.2) is 35.5 Å². The van der Waals surface area contributed by atoms with Crippen molar-refractivity contribution in [2.75, 3.05) is 13.7 Å². The molecule has 3 heterocycles. The van der Waals surface area contributed by atoms with E-state index in [9.17, 15) is 19.5 Å². The number of nitrogens with zero attached hydrogens (tertiary/aromatic N) is 2. The number of phenols is 1. The number of hydrogen-bond acceptors (Lipinski definition) is 9. The Bertz CT molecular complexity index is 1970. The average molecular weight is 553 g/mol. The minimum absolute atomic E-state index is 0.0510. The molecule has 1 amide bonds. The summed E-state index contributed by atoms with van der Waals surface area (Å²) >= 11 is 0. The van der Waals surface area contributed by atoms with E-state index in [1.807, 2.05) is 12.1 Å². The van der Waals surface area contributed by atoms with Crippen molar-refractivity contribution < 1.29 is 28.2 Å². The molecule has 1 aliphatic rings. The van der Waals surface area contributed by atoms with Gasteiger partial charge in [0.25, 0.3) is 5.91 Å². The number of ether oxygens (including phenoxy) is 2. The number of hydrogen-bond donors (Lipinski definition) is 1. The molecule has 1 aliphatic heterocycles. The highest BCUT2D eigenvalue weighted by molar-refractivity contribution is 6.04. The maximum absolute atomic E-state index is 13.5. The van der Waals surface area contributed by atoms with Crippen LogP contribution in [0, 0.1) is 6.92 Å². The van der Waals surface area contributed by atoms with Gasteiger partial charge in [0, 0.05) is 29.3 Å². The second-order valence-corrected chi connectivity index (χ2v) is 9.62. The largest absolute Gasteiger partial charge is 0.504 e. The third kappa shape index (κ3) is 4.91. The molecule has 0 spiro atoms. The van der Waals surface area contributed by atoms with E-state index in [1.165, 1.54) is 24.3 Å². The summed E-state index contributed by atoms with van der Waals surface area (Å²) < 4.78 is 21.8. The molecular formula is C31H24N2O8. The van der Waals surface area contributed by atoms with E-state index in [4.69, 9.17) is 18.3 Å². The molecule has 6 rings (SSSR count). The van der Waals surface area contributed by atoms with Crippen LogP contribution in [0.3, 0.4) is 0 Å². The van der Waals surface area contributed by atoms with Crippen molar-refractivity contribution in [1.29, 1.82) is 0 Å². The SMILES string of the molecule is COc1cc(C2CC(c3cc4ccccc4oc3=O)=NN2C(=O)COc2ccc3c(C)cc(=O)oc3c2)ccc1O. The number of benzene rings is 3.